The van der Waals surface area contributed by atoms with Gasteiger partial charge in [0.05, 0.1) is 5.69 Å². The second-order valence-electron chi connectivity index (χ2n) is 6.76. The molecule has 0 amide bonds. The summed E-state index contributed by atoms with van der Waals surface area (Å²) in [5.74, 6) is 0. The zero-order valence-corrected chi connectivity index (χ0v) is 14.6. The van der Waals surface area contributed by atoms with Crippen molar-refractivity contribution >= 4 is 0 Å². The fourth-order valence-corrected chi connectivity index (χ4v) is 3.73. The summed E-state index contributed by atoms with van der Waals surface area (Å²) in [6, 6.07) is 23.4. The van der Waals surface area contributed by atoms with E-state index < -0.39 is 0 Å². The summed E-state index contributed by atoms with van der Waals surface area (Å²) in [6.45, 7) is 3.42. The molecule has 0 saturated carbocycles. The van der Waals surface area contributed by atoms with Gasteiger partial charge >= 0.3 is 0 Å². The average Bonchev–Trinajstić information content (AvgIpc) is 2.70. The van der Waals surface area contributed by atoms with Crippen LogP contribution in [0.4, 0.5) is 0 Å². The molecule has 0 spiro atoms. The third-order valence-electron chi connectivity index (χ3n) is 4.99. The van der Waals surface area contributed by atoms with Gasteiger partial charge in [-0.05, 0) is 43.1 Å². The van der Waals surface area contributed by atoms with E-state index in [9.17, 15) is 0 Å². The van der Waals surface area contributed by atoms with Crippen LogP contribution >= 0.6 is 0 Å². The first-order valence-electron chi connectivity index (χ1n) is 9.23. The molecule has 0 N–H and O–H groups in total. The Kier molecular flexibility index (Phi) is 4.89. The van der Waals surface area contributed by atoms with Gasteiger partial charge in [-0.25, -0.2) is 0 Å². The molecule has 1 aromatic heterocycles. The topological polar surface area (TPSA) is 16.1 Å². The highest BCUT2D eigenvalue weighted by Crippen LogP contribution is 2.34. The number of piperidine rings is 1. The van der Waals surface area contributed by atoms with Gasteiger partial charge in [-0.15, -0.1) is 0 Å². The molecular weight excluding hydrogens is 304 g/mol. The second-order valence-corrected chi connectivity index (χ2v) is 6.76. The summed E-state index contributed by atoms with van der Waals surface area (Å²) in [6.07, 6.45) is 5.97. The second kappa shape index (κ2) is 7.62. The molecule has 0 aliphatic carbocycles. The van der Waals surface area contributed by atoms with Crippen molar-refractivity contribution in [2.75, 3.05) is 13.1 Å². The molecule has 4 rings (SSSR count). The van der Waals surface area contributed by atoms with Crippen LogP contribution < -0.4 is 0 Å². The zero-order chi connectivity index (χ0) is 16.9. The van der Waals surface area contributed by atoms with E-state index in [2.05, 4.69) is 71.6 Å². The summed E-state index contributed by atoms with van der Waals surface area (Å²) in [4.78, 5) is 7.34. The molecule has 2 nitrogen and oxygen atoms in total. The van der Waals surface area contributed by atoms with Crippen LogP contribution in [0.1, 0.15) is 24.8 Å². The summed E-state index contributed by atoms with van der Waals surface area (Å²) < 4.78 is 0. The predicted molar refractivity (Wildman–Crippen MR) is 104 cm³/mol. The normalized spacial score (nSPS) is 15.2. The predicted octanol–water partition coefficient (Wildman–Crippen LogP) is 5.40. The van der Waals surface area contributed by atoms with Crippen LogP contribution in [0, 0.1) is 0 Å². The van der Waals surface area contributed by atoms with Gasteiger partial charge in [0.15, 0.2) is 0 Å². The fraction of sp³-hybridized carbons (Fsp3) is 0.261. The largest absolute Gasteiger partial charge is 0.299 e. The van der Waals surface area contributed by atoms with Crippen molar-refractivity contribution in [2.24, 2.45) is 0 Å². The van der Waals surface area contributed by atoms with E-state index in [0.717, 1.165) is 12.2 Å². The fourth-order valence-electron chi connectivity index (χ4n) is 3.73. The minimum atomic E-state index is 1.01. The molecule has 126 valence electrons. The maximum absolute atomic E-state index is 4.76. The summed E-state index contributed by atoms with van der Waals surface area (Å²) >= 11 is 0. The van der Waals surface area contributed by atoms with E-state index in [-0.39, 0.29) is 0 Å². The highest BCUT2D eigenvalue weighted by atomic mass is 15.1. The Balaban J connectivity index is 1.80. The van der Waals surface area contributed by atoms with Crippen molar-refractivity contribution in [1.29, 1.82) is 0 Å². The van der Waals surface area contributed by atoms with Gasteiger partial charge in [0.25, 0.3) is 0 Å². The van der Waals surface area contributed by atoms with Crippen molar-refractivity contribution in [3.63, 3.8) is 0 Å². The molecule has 0 radical (unpaired) electrons. The molecule has 0 unspecified atom stereocenters. The summed E-state index contributed by atoms with van der Waals surface area (Å²) in [5.41, 5.74) is 6.17. The molecule has 1 saturated heterocycles. The van der Waals surface area contributed by atoms with E-state index in [4.69, 9.17) is 4.98 Å². The lowest BCUT2D eigenvalue weighted by Gasteiger charge is -2.27. The van der Waals surface area contributed by atoms with Crippen LogP contribution in [0.25, 0.3) is 22.4 Å². The van der Waals surface area contributed by atoms with Crippen molar-refractivity contribution in [2.45, 2.75) is 25.8 Å². The van der Waals surface area contributed by atoms with Crippen molar-refractivity contribution in [1.82, 2.24) is 9.88 Å². The maximum atomic E-state index is 4.76. The lowest BCUT2D eigenvalue weighted by molar-refractivity contribution is 0.221. The Hall–Kier alpha value is -2.45. The first-order chi connectivity index (χ1) is 12.4. The molecular formula is C23H24N2. The molecule has 0 atom stereocenters. The van der Waals surface area contributed by atoms with Crippen LogP contribution in [0.5, 0.6) is 0 Å². The lowest BCUT2D eigenvalue weighted by Crippen LogP contribution is -2.29. The number of hydrogen-bond donors (Lipinski definition) is 0. The van der Waals surface area contributed by atoms with Gasteiger partial charge in [0.1, 0.15) is 0 Å². The molecule has 25 heavy (non-hydrogen) atoms. The SMILES string of the molecule is c1ccc(-c2nccc(CN3CCCCC3)c2-c2ccccc2)cc1. The van der Waals surface area contributed by atoms with Crippen LogP contribution in [0.2, 0.25) is 0 Å². The number of benzene rings is 2. The third kappa shape index (κ3) is 3.64. The minimum absolute atomic E-state index is 1.01. The number of nitrogens with zero attached hydrogens (tertiary/aromatic N) is 2. The Morgan fingerprint density at radius 3 is 2.04 bits per heavy atom. The monoisotopic (exact) mass is 328 g/mol. The number of pyridine rings is 1. The van der Waals surface area contributed by atoms with Crippen molar-refractivity contribution in [3.05, 3.63) is 78.5 Å². The molecule has 1 aliphatic rings. The van der Waals surface area contributed by atoms with Gasteiger partial charge in [-0.1, -0.05) is 67.1 Å². The number of rotatable bonds is 4. The van der Waals surface area contributed by atoms with E-state index in [0.29, 0.717) is 0 Å². The van der Waals surface area contributed by atoms with Crippen LogP contribution in [-0.4, -0.2) is 23.0 Å². The first kappa shape index (κ1) is 16.0. The van der Waals surface area contributed by atoms with Gasteiger partial charge in [0.2, 0.25) is 0 Å². The van der Waals surface area contributed by atoms with Gasteiger partial charge < -0.3 is 0 Å². The minimum Gasteiger partial charge on any atom is -0.299 e. The highest BCUT2D eigenvalue weighted by molar-refractivity contribution is 5.83. The van der Waals surface area contributed by atoms with E-state index in [1.807, 2.05) is 6.20 Å². The Morgan fingerprint density at radius 1 is 0.720 bits per heavy atom. The van der Waals surface area contributed by atoms with Crippen molar-refractivity contribution < 1.29 is 0 Å². The molecule has 1 aliphatic heterocycles. The standard InChI is InChI=1S/C23H24N2/c1-4-10-19(11-5-1)22-21(18-25-16-8-3-9-17-25)14-15-24-23(22)20-12-6-2-7-13-20/h1-2,4-7,10-15H,3,8-9,16-18H2. The first-order valence-corrected chi connectivity index (χ1v) is 9.23. The maximum Gasteiger partial charge on any atom is 0.0783 e. The van der Waals surface area contributed by atoms with Crippen LogP contribution in [0.3, 0.4) is 0 Å². The van der Waals surface area contributed by atoms with Gasteiger partial charge in [-0.2, -0.15) is 0 Å². The Labute approximate surface area is 150 Å². The molecule has 0 bridgehead atoms. The quantitative estimate of drug-likeness (QED) is 0.637. The molecule has 3 aromatic rings. The van der Waals surface area contributed by atoms with Crippen LogP contribution in [0.15, 0.2) is 72.9 Å². The number of hydrogen-bond acceptors (Lipinski definition) is 2. The van der Waals surface area contributed by atoms with E-state index in [1.165, 1.54) is 54.6 Å². The van der Waals surface area contributed by atoms with Crippen LogP contribution in [-0.2, 0) is 6.54 Å². The zero-order valence-electron chi connectivity index (χ0n) is 14.6. The van der Waals surface area contributed by atoms with E-state index >= 15 is 0 Å². The lowest BCUT2D eigenvalue weighted by atomic mass is 9.94. The molecule has 1 fully saturated rings. The molecule has 2 heterocycles. The number of aromatic nitrogens is 1. The Morgan fingerprint density at radius 2 is 1.36 bits per heavy atom. The Bertz CT molecular complexity index is 806. The van der Waals surface area contributed by atoms with Gasteiger partial charge in [0, 0.05) is 23.9 Å². The number of likely N-dealkylation sites (tertiary alicyclic amines) is 1. The van der Waals surface area contributed by atoms with Crippen molar-refractivity contribution in [3.8, 4) is 22.4 Å². The highest BCUT2D eigenvalue weighted by Gasteiger charge is 2.17. The average molecular weight is 328 g/mol. The smallest absolute Gasteiger partial charge is 0.0783 e. The summed E-state index contributed by atoms with van der Waals surface area (Å²) in [7, 11) is 0. The molecule has 2 heteroatoms. The van der Waals surface area contributed by atoms with Gasteiger partial charge in [-0.3, -0.25) is 9.88 Å². The third-order valence-corrected chi connectivity index (χ3v) is 4.99. The molecule has 2 aromatic carbocycles. The van der Waals surface area contributed by atoms with E-state index in [1.54, 1.807) is 0 Å². The summed E-state index contributed by atoms with van der Waals surface area (Å²) in [5, 5.41) is 0.